The van der Waals surface area contributed by atoms with Crippen LogP contribution in [0.25, 0.3) is 0 Å². The summed E-state index contributed by atoms with van der Waals surface area (Å²) in [6.45, 7) is 0. The van der Waals surface area contributed by atoms with Crippen molar-refractivity contribution in [1.29, 1.82) is 0 Å². The Bertz CT molecular complexity index is 350. The standard InChI is InChI=1S/C7H5F3O3Se/c8-7(9,10)5-3-1-2-4-6(5)13-14(11)12/h1-4H,(H,11,12). The van der Waals surface area contributed by atoms with Crippen molar-refractivity contribution in [1.82, 2.24) is 0 Å². The van der Waals surface area contributed by atoms with Crippen LogP contribution in [0.15, 0.2) is 24.3 Å². The summed E-state index contributed by atoms with van der Waals surface area (Å²) in [4.78, 5) is 0. The Morgan fingerprint density at radius 1 is 1.29 bits per heavy atom. The van der Waals surface area contributed by atoms with E-state index in [0.717, 1.165) is 12.1 Å². The van der Waals surface area contributed by atoms with E-state index < -0.39 is 32.0 Å². The Morgan fingerprint density at radius 2 is 1.86 bits per heavy atom. The predicted molar refractivity (Wildman–Crippen MR) is 40.7 cm³/mol. The molecule has 0 heterocycles. The molecule has 1 aromatic rings. The Morgan fingerprint density at radius 3 is 2.36 bits per heavy atom. The van der Waals surface area contributed by atoms with Gasteiger partial charge in [0.2, 0.25) is 0 Å². The van der Waals surface area contributed by atoms with E-state index >= 15 is 0 Å². The first-order valence-electron chi connectivity index (χ1n) is 3.36. The Balaban J connectivity index is 3.10. The summed E-state index contributed by atoms with van der Waals surface area (Å²) >= 11 is -3.62. The van der Waals surface area contributed by atoms with Gasteiger partial charge in [-0.1, -0.05) is 0 Å². The fraction of sp³-hybridized carbons (Fsp3) is 0.143. The minimum atomic E-state index is -4.59. The zero-order valence-corrected chi connectivity index (χ0v) is 8.33. The van der Waals surface area contributed by atoms with Crippen LogP contribution in [0.4, 0.5) is 13.2 Å². The maximum absolute atomic E-state index is 12.2. The number of hydrogen-bond acceptors (Lipinski definition) is 2. The van der Waals surface area contributed by atoms with Crippen LogP contribution in [0.5, 0.6) is 5.75 Å². The van der Waals surface area contributed by atoms with E-state index in [1.807, 2.05) is 0 Å². The second-order valence-electron chi connectivity index (χ2n) is 2.29. The normalized spacial score (nSPS) is 13.7. The molecule has 0 radical (unpaired) electrons. The molecule has 0 saturated heterocycles. The van der Waals surface area contributed by atoms with Gasteiger partial charge in [0, 0.05) is 0 Å². The summed E-state index contributed by atoms with van der Waals surface area (Å²) in [6.07, 6.45) is -4.59. The first-order valence-corrected chi connectivity index (χ1v) is 5.53. The van der Waals surface area contributed by atoms with Crippen LogP contribution in [-0.4, -0.2) is 18.7 Å². The minimum absolute atomic E-state index is 0.623. The topological polar surface area (TPSA) is 46.5 Å². The molecule has 0 bridgehead atoms. The van der Waals surface area contributed by atoms with Crippen molar-refractivity contribution in [2.45, 2.75) is 6.18 Å². The van der Waals surface area contributed by atoms with Crippen LogP contribution >= 0.6 is 0 Å². The fourth-order valence-electron chi connectivity index (χ4n) is 0.850. The van der Waals surface area contributed by atoms with Crippen LogP contribution in [0, 0.1) is 0 Å². The van der Waals surface area contributed by atoms with Gasteiger partial charge in [0.05, 0.1) is 0 Å². The van der Waals surface area contributed by atoms with Gasteiger partial charge in [-0.05, 0) is 0 Å². The van der Waals surface area contributed by atoms with E-state index in [4.69, 9.17) is 4.19 Å². The first-order chi connectivity index (χ1) is 6.41. The molecule has 1 unspecified atom stereocenters. The molecule has 0 spiro atoms. The zero-order chi connectivity index (χ0) is 10.8. The molecule has 1 atom stereocenters. The maximum atomic E-state index is 12.2. The second kappa shape index (κ2) is 4.08. The molecule has 1 N–H and O–H groups in total. The Labute approximate surface area is 81.9 Å². The molecule has 0 amide bonds. The summed E-state index contributed by atoms with van der Waals surface area (Å²) in [6, 6.07) is 4.24. The summed E-state index contributed by atoms with van der Waals surface area (Å²) < 4.78 is 59.6. The van der Waals surface area contributed by atoms with Gasteiger partial charge < -0.3 is 0 Å². The molecule has 1 aromatic carbocycles. The average Bonchev–Trinajstić information content (AvgIpc) is 2.01. The van der Waals surface area contributed by atoms with Crippen molar-refractivity contribution in [2.24, 2.45) is 0 Å². The molecular weight excluding hydrogens is 268 g/mol. The van der Waals surface area contributed by atoms with E-state index in [0.29, 0.717) is 0 Å². The van der Waals surface area contributed by atoms with Crippen molar-refractivity contribution >= 4 is 14.5 Å². The van der Waals surface area contributed by atoms with Gasteiger partial charge in [0.25, 0.3) is 0 Å². The monoisotopic (exact) mass is 274 g/mol. The predicted octanol–water partition coefficient (Wildman–Crippen LogP) is 1.49. The molecule has 78 valence electrons. The number of para-hydroxylation sites is 1. The second-order valence-corrected chi connectivity index (χ2v) is 3.56. The van der Waals surface area contributed by atoms with Crippen molar-refractivity contribution in [2.75, 3.05) is 0 Å². The van der Waals surface area contributed by atoms with Gasteiger partial charge in [-0.3, -0.25) is 0 Å². The Hall–Kier alpha value is -0.911. The van der Waals surface area contributed by atoms with Crippen molar-refractivity contribution < 1.29 is 25.0 Å². The molecule has 0 aliphatic carbocycles. The van der Waals surface area contributed by atoms with E-state index in [1.54, 1.807) is 0 Å². The van der Waals surface area contributed by atoms with Crippen LogP contribution in [-0.2, 0) is 10.0 Å². The van der Waals surface area contributed by atoms with Gasteiger partial charge >= 0.3 is 81.3 Å². The van der Waals surface area contributed by atoms with Crippen molar-refractivity contribution in [3.8, 4) is 5.75 Å². The summed E-state index contributed by atoms with van der Waals surface area (Å²) in [7, 11) is 0. The van der Waals surface area contributed by atoms with Gasteiger partial charge in [0.15, 0.2) is 0 Å². The molecule has 7 heteroatoms. The van der Waals surface area contributed by atoms with Crippen LogP contribution in [0.1, 0.15) is 5.56 Å². The molecule has 0 saturated carbocycles. The quantitative estimate of drug-likeness (QED) is 0.830. The zero-order valence-electron chi connectivity index (χ0n) is 6.62. The van der Waals surface area contributed by atoms with Crippen LogP contribution in [0.3, 0.4) is 0 Å². The number of benzene rings is 1. The van der Waals surface area contributed by atoms with Gasteiger partial charge in [0.1, 0.15) is 0 Å². The SMILES string of the molecule is O=[Se](O)Oc1ccccc1C(F)(F)F. The molecule has 3 nitrogen and oxygen atoms in total. The average molecular weight is 273 g/mol. The number of halogens is 3. The number of hydrogen-bond donors (Lipinski definition) is 1. The fourth-order valence-corrected chi connectivity index (χ4v) is 1.48. The van der Waals surface area contributed by atoms with Gasteiger partial charge in [-0.2, -0.15) is 0 Å². The molecular formula is C7H5F3O3Se. The molecule has 0 aromatic heterocycles. The third-order valence-electron chi connectivity index (χ3n) is 1.35. The molecule has 0 fully saturated rings. The van der Waals surface area contributed by atoms with Gasteiger partial charge in [-0.25, -0.2) is 0 Å². The Kier molecular flexibility index (Phi) is 3.25. The van der Waals surface area contributed by atoms with Crippen molar-refractivity contribution in [3.63, 3.8) is 0 Å². The van der Waals surface area contributed by atoms with Crippen LogP contribution < -0.4 is 3.82 Å². The number of rotatable bonds is 2. The van der Waals surface area contributed by atoms with E-state index in [9.17, 15) is 17.0 Å². The first kappa shape index (κ1) is 11.2. The van der Waals surface area contributed by atoms with E-state index in [2.05, 4.69) is 3.82 Å². The number of alkyl halides is 3. The van der Waals surface area contributed by atoms with Crippen LogP contribution in [0.2, 0.25) is 0 Å². The molecule has 1 rings (SSSR count). The molecule has 14 heavy (non-hydrogen) atoms. The van der Waals surface area contributed by atoms with Crippen molar-refractivity contribution in [3.05, 3.63) is 29.8 Å². The summed E-state index contributed by atoms with van der Waals surface area (Å²) in [5.74, 6) is -0.623. The summed E-state index contributed by atoms with van der Waals surface area (Å²) in [5, 5.41) is 0. The van der Waals surface area contributed by atoms with Gasteiger partial charge in [-0.15, -0.1) is 0 Å². The molecule has 0 aliphatic rings. The third-order valence-corrected chi connectivity index (χ3v) is 2.03. The van der Waals surface area contributed by atoms with E-state index in [-0.39, 0.29) is 0 Å². The third kappa shape index (κ3) is 2.80. The summed E-state index contributed by atoms with van der Waals surface area (Å²) in [5.41, 5.74) is -1.06. The molecule has 0 aliphatic heterocycles. The van der Waals surface area contributed by atoms with E-state index in [1.165, 1.54) is 12.1 Å².